The van der Waals surface area contributed by atoms with E-state index in [2.05, 4.69) is 0 Å². The van der Waals surface area contributed by atoms with Gasteiger partial charge in [-0.3, -0.25) is 4.79 Å². The third-order valence-electron chi connectivity index (χ3n) is 5.00. The van der Waals surface area contributed by atoms with Crippen molar-refractivity contribution in [1.82, 2.24) is 4.57 Å². The van der Waals surface area contributed by atoms with Crippen LogP contribution in [0.25, 0.3) is 22.2 Å². The summed E-state index contributed by atoms with van der Waals surface area (Å²) >= 11 is 0. The fourth-order valence-electron chi connectivity index (χ4n) is 3.59. The van der Waals surface area contributed by atoms with Crippen molar-refractivity contribution in [3.8, 4) is 5.69 Å². The van der Waals surface area contributed by atoms with Crippen LogP contribution in [-0.2, 0) is 0 Å². The van der Waals surface area contributed by atoms with Crippen molar-refractivity contribution in [2.75, 3.05) is 0 Å². The highest BCUT2D eigenvalue weighted by Gasteiger charge is 2.22. The van der Waals surface area contributed by atoms with E-state index in [0.717, 1.165) is 29.0 Å². The fraction of sp³-hybridized carbons (Fsp3) is 0.143. The molecule has 1 aromatic heterocycles. The van der Waals surface area contributed by atoms with E-state index in [1.165, 1.54) is 6.07 Å². The van der Waals surface area contributed by atoms with Crippen LogP contribution in [0, 0.1) is 17.5 Å². The number of aromatic carboxylic acids is 1. The maximum absolute atomic E-state index is 14.8. The van der Waals surface area contributed by atoms with E-state index in [0.29, 0.717) is 24.5 Å². The first-order valence-corrected chi connectivity index (χ1v) is 8.80. The van der Waals surface area contributed by atoms with Gasteiger partial charge in [0.2, 0.25) is 5.43 Å². The van der Waals surface area contributed by atoms with Gasteiger partial charge in [0.05, 0.1) is 11.2 Å². The van der Waals surface area contributed by atoms with E-state index in [-0.39, 0.29) is 28.2 Å². The molecule has 4 rings (SSSR count). The van der Waals surface area contributed by atoms with Crippen molar-refractivity contribution >= 4 is 22.4 Å². The molecule has 1 heterocycles. The second kappa shape index (κ2) is 6.89. The van der Waals surface area contributed by atoms with Gasteiger partial charge in [0, 0.05) is 29.3 Å². The molecular formula is C21H15F3N2O3. The summed E-state index contributed by atoms with van der Waals surface area (Å²) in [5.41, 5.74) is 5.08. The molecule has 148 valence electrons. The van der Waals surface area contributed by atoms with E-state index >= 15 is 0 Å². The lowest BCUT2D eigenvalue weighted by atomic mass is 10.0. The quantitative estimate of drug-likeness (QED) is 0.703. The molecule has 0 saturated heterocycles. The maximum Gasteiger partial charge on any atom is 0.341 e. The van der Waals surface area contributed by atoms with Gasteiger partial charge in [-0.2, -0.15) is 0 Å². The molecule has 0 spiro atoms. The molecule has 29 heavy (non-hydrogen) atoms. The number of rotatable bonds is 3. The number of halogens is 3. The predicted molar refractivity (Wildman–Crippen MR) is 102 cm³/mol. The zero-order chi connectivity index (χ0) is 20.9. The summed E-state index contributed by atoms with van der Waals surface area (Å²) in [5.74, 6) is -4.02. The van der Waals surface area contributed by atoms with Crippen molar-refractivity contribution in [2.24, 2.45) is 5.73 Å². The highest BCUT2D eigenvalue weighted by molar-refractivity contribution is 5.94. The fourth-order valence-corrected chi connectivity index (χ4v) is 3.59. The van der Waals surface area contributed by atoms with Gasteiger partial charge in [0.25, 0.3) is 0 Å². The van der Waals surface area contributed by atoms with Gasteiger partial charge in [-0.05, 0) is 42.7 Å². The Hall–Kier alpha value is -3.39. The van der Waals surface area contributed by atoms with Gasteiger partial charge in [-0.15, -0.1) is 0 Å². The molecule has 0 amide bonds. The van der Waals surface area contributed by atoms with Crippen molar-refractivity contribution < 1.29 is 23.1 Å². The molecule has 2 aromatic carbocycles. The molecule has 1 atom stereocenters. The first-order valence-electron chi connectivity index (χ1n) is 8.80. The van der Waals surface area contributed by atoms with Crippen LogP contribution in [0.1, 0.15) is 28.8 Å². The van der Waals surface area contributed by atoms with Gasteiger partial charge in [-0.1, -0.05) is 6.08 Å². The van der Waals surface area contributed by atoms with Crippen LogP contribution in [0.2, 0.25) is 0 Å². The summed E-state index contributed by atoms with van der Waals surface area (Å²) in [5, 5.41) is 9.13. The number of hydrogen-bond acceptors (Lipinski definition) is 3. The molecule has 0 saturated carbocycles. The van der Waals surface area contributed by atoms with Crippen LogP contribution >= 0.6 is 0 Å². The van der Waals surface area contributed by atoms with E-state index in [1.54, 1.807) is 6.08 Å². The number of carboxylic acids is 1. The van der Waals surface area contributed by atoms with Gasteiger partial charge < -0.3 is 15.4 Å². The Morgan fingerprint density at radius 2 is 1.90 bits per heavy atom. The second-order valence-corrected chi connectivity index (χ2v) is 6.89. The van der Waals surface area contributed by atoms with Crippen molar-refractivity contribution in [1.29, 1.82) is 0 Å². The van der Waals surface area contributed by atoms with Crippen molar-refractivity contribution in [3.05, 3.63) is 81.4 Å². The molecule has 8 heteroatoms. The third kappa shape index (κ3) is 3.21. The van der Waals surface area contributed by atoms with Gasteiger partial charge in [0.1, 0.15) is 23.0 Å². The molecule has 5 nitrogen and oxygen atoms in total. The Bertz CT molecular complexity index is 1260. The molecule has 1 aliphatic rings. The summed E-state index contributed by atoms with van der Waals surface area (Å²) in [6.45, 7) is 0. The molecule has 3 aromatic rings. The van der Waals surface area contributed by atoms with Crippen molar-refractivity contribution in [2.45, 2.75) is 18.9 Å². The highest BCUT2D eigenvalue weighted by atomic mass is 19.1. The Balaban J connectivity index is 2.09. The van der Waals surface area contributed by atoms with E-state index < -0.39 is 34.4 Å². The first kappa shape index (κ1) is 18.9. The molecule has 0 aliphatic heterocycles. The monoisotopic (exact) mass is 400 g/mol. The molecule has 3 N–H and O–H groups in total. The number of nitrogens with zero attached hydrogens (tertiary/aromatic N) is 1. The number of carboxylic acid groups (broad SMARTS) is 1. The Morgan fingerprint density at radius 1 is 1.14 bits per heavy atom. The average molecular weight is 400 g/mol. The number of hydrogen-bond donors (Lipinski definition) is 2. The number of benzene rings is 2. The summed E-state index contributed by atoms with van der Waals surface area (Å²) in [4.78, 5) is 24.1. The summed E-state index contributed by atoms with van der Waals surface area (Å²) < 4.78 is 43.7. The van der Waals surface area contributed by atoms with Gasteiger partial charge >= 0.3 is 5.97 Å². The lowest BCUT2D eigenvalue weighted by molar-refractivity contribution is 0.0695. The van der Waals surface area contributed by atoms with E-state index in [1.807, 2.05) is 0 Å². The molecular weight excluding hydrogens is 385 g/mol. The predicted octanol–water partition coefficient (Wildman–Crippen LogP) is 3.61. The van der Waals surface area contributed by atoms with Crippen LogP contribution in [-0.4, -0.2) is 21.7 Å². The van der Waals surface area contributed by atoms with Gasteiger partial charge in [-0.25, -0.2) is 18.0 Å². The molecule has 0 fully saturated rings. The van der Waals surface area contributed by atoms with E-state index in [9.17, 15) is 27.9 Å². The Labute approximate surface area is 162 Å². The van der Waals surface area contributed by atoms with Gasteiger partial charge in [0.15, 0.2) is 0 Å². The smallest absolute Gasteiger partial charge is 0.341 e. The Morgan fingerprint density at radius 3 is 2.52 bits per heavy atom. The van der Waals surface area contributed by atoms with Crippen LogP contribution in [0.3, 0.4) is 0 Å². The highest BCUT2D eigenvalue weighted by Crippen LogP contribution is 2.32. The molecule has 1 unspecified atom stereocenters. The largest absolute Gasteiger partial charge is 0.477 e. The number of nitrogens with two attached hydrogens (primary N) is 1. The lowest BCUT2D eigenvalue weighted by Gasteiger charge is -2.15. The Kier molecular flexibility index (Phi) is 4.50. The molecule has 1 aliphatic carbocycles. The number of fused-ring (bicyclic) bond motifs is 1. The standard InChI is InChI=1S/C21H15F3N2O3/c22-11-2-4-18(17(24)6-11)26-9-15(21(28)29)20(27)14-7-16(23)13(8-19(14)26)10-1-3-12(25)5-10/h2,4-9,12H,1,3,25H2,(H,28,29). The maximum atomic E-state index is 14.8. The van der Waals surface area contributed by atoms with E-state index in [4.69, 9.17) is 5.73 Å². The number of carbonyl (C=O) groups is 1. The number of aromatic nitrogens is 1. The third-order valence-corrected chi connectivity index (χ3v) is 5.00. The normalized spacial score (nSPS) is 16.3. The zero-order valence-corrected chi connectivity index (χ0v) is 15.0. The SMILES string of the molecule is NC1C=C(c2cc3c(cc2F)c(=O)c(C(=O)O)cn3-c2ccc(F)cc2F)CC1. The van der Waals surface area contributed by atoms with Crippen molar-refractivity contribution in [3.63, 3.8) is 0 Å². The first-order chi connectivity index (χ1) is 13.8. The zero-order valence-electron chi connectivity index (χ0n) is 15.0. The number of pyridine rings is 1. The summed E-state index contributed by atoms with van der Waals surface area (Å²) in [6, 6.07) is 4.86. The van der Waals surface area contributed by atoms with Crippen LogP contribution in [0.15, 0.2) is 47.4 Å². The average Bonchev–Trinajstić information content (AvgIpc) is 3.08. The minimum absolute atomic E-state index is 0.100. The topological polar surface area (TPSA) is 85.3 Å². The number of allylic oxidation sites excluding steroid dienone is 1. The second-order valence-electron chi connectivity index (χ2n) is 6.89. The summed E-state index contributed by atoms with van der Waals surface area (Å²) in [6.07, 6.45) is 3.85. The minimum atomic E-state index is -1.54. The lowest BCUT2D eigenvalue weighted by Crippen LogP contribution is -2.19. The minimum Gasteiger partial charge on any atom is -0.477 e. The van der Waals surface area contributed by atoms with Crippen LogP contribution in [0.5, 0.6) is 0 Å². The molecule has 0 radical (unpaired) electrons. The van der Waals surface area contributed by atoms with Crippen LogP contribution < -0.4 is 11.2 Å². The summed E-state index contributed by atoms with van der Waals surface area (Å²) in [7, 11) is 0. The van der Waals surface area contributed by atoms with Crippen LogP contribution in [0.4, 0.5) is 13.2 Å². The molecule has 0 bridgehead atoms.